The second kappa shape index (κ2) is 5.76. The first kappa shape index (κ1) is 13.3. The standard InChI is InChI=1S/C14H17N3O2S/c18-14(19)13-2-1-5-17(13)12-3-6-16(7-4-12)8-11-9-20-10-15-11/h1-2,5,9-10,12H,3-4,6-8H2,(H,18,19). The third kappa shape index (κ3) is 2.76. The van der Waals surface area contributed by atoms with Crippen molar-refractivity contribution in [1.82, 2.24) is 14.5 Å². The van der Waals surface area contributed by atoms with Crippen LogP contribution in [0.25, 0.3) is 0 Å². The van der Waals surface area contributed by atoms with Gasteiger partial charge in [0.15, 0.2) is 0 Å². The number of carboxylic acids is 1. The smallest absolute Gasteiger partial charge is 0.352 e. The molecule has 6 heteroatoms. The summed E-state index contributed by atoms with van der Waals surface area (Å²) in [6.45, 7) is 2.87. The highest BCUT2D eigenvalue weighted by molar-refractivity contribution is 7.07. The minimum Gasteiger partial charge on any atom is -0.477 e. The van der Waals surface area contributed by atoms with E-state index >= 15 is 0 Å². The molecule has 0 unspecified atom stereocenters. The maximum atomic E-state index is 11.2. The molecule has 0 amide bonds. The van der Waals surface area contributed by atoms with Crippen LogP contribution in [0.1, 0.15) is 35.1 Å². The fourth-order valence-corrected chi connectivity index (χ4v) is 3.34. The van der Waals surface area contributed by atoms with E-state index in [0.717, 1.165) is 38.2 Å². The zero-order chi connectivity index (χ0) is 13.9. The van der Waals surface area contributed by atoms with Crippen LogP contribution < -0.4 is 0 Å². The Morgan fingerprint density at radius 2 is 2.25 bits per heavy atom. The molecule has 0 radical (unpaired) electrons. The molecule has 0 aliphatic carbocycles. The summed E-state index contributed by atoms with van der Waals surface area (Å²) in [5, 5.41) is 11.3. The molecule has 1 saturated heterocycles. The molecular formula is C14H17N3O2S. The number of nitrogens with zero attached hydrogens (tertiary/aromatic N) is 3. The monoisotopic (exact) mass is 291 g/mol. The predicted octanol–water partition coefficient (Wildman–Crippen LogP) is 2.48. The Hall–Kier alpha value is -1.66. The van der Waals surface area contributed by atoms with E-state index in [0.29, 0.717) is 11.7 Å². The number of hydrogen-bond acceptors (Lipinski definition) is 4. The second-order valence-electron chi connectivity index (χ2n) is 5.09. The van der Waals surface area contributed by atoms with Gasteiger partial charge in [-0.1, -0.05) is 0 Å². The number of carbonyl (C=O) groups is 1. The first-order valence-electron chi connectivity index (χ1n) is 6.73. The van der Waals surface area contributed by atoms with E-state index in [1.54, 1.807) is 17.4 Å². The Morgan fingerprint density at radius 1 is 1.45 bits per heavy atom. The molecule has 3 rings (SSSR count). The summed E-state index contributed by atoms with van der Waals surface area (Å²) in [4.78, 5) is 17.9. The lowest BCUT2D eigenvalue weighted by Gasteiger charge is -2.32. The van der Waals surface area contributed by atoms with Crippen molar-refractivity contribution < 1.29 is 9.90 Å². The molecule has 0 spiro atoms. The van der Waals surface area contributed by atoms with Gasteiger partial charge in [-0.3, -0.25) is 4.90 Å². The molecule has 3 heterocycles. The van der Waals surface area contributed by atoms with Gasteiger partial charge < -0.3 is 9.67 Å². The number of carboxylic acid groups (broad SMARTS) is 1. The molecule has 20 heavy (non-hydrogen) atoms. The van der Waals surface area contributed by atoms with Crippen molar-refractivity contribution in [3.8, 4) is 0 Å². The summed E-state index contributed by atoms with van der Waals surface area (Å²) in [6, 6.07) is 3.78. The SMILES string of the molecule is O=C(O)c1cccn1C1CCN(Cc2cscn2)CC1. The fourth-order valence-electron chi connectivity index (χ4n) is 2.79. The van der Waals surface area contributed by atoms with Gasteiger partial charge in [0.2, 0.25) is 0 Å². The van der Waals surface area contributed by atoms with Crippen LogP contribution in [0.2, 0.25) is 0 Å². The van der Waals surface area contributed by atoms with E-state index in [1.807, 2.05) is 22.3 Å². The van der Waals surface area contributed by atoms with Gasteiger partial charge in [-0.15, -0.1) is 11.3 Å². The quantitative estimate of drug-likeness (QED) is 0.940. The van der Waals surface area contributed by atoms with Crippen molar-refractivity contribution in [2.24, 2.45) is 0 Å². The van der Waals surface area contributed by atoms with Gasteiger partial charge in [-0.05, 0) is 25.0 Å². The largest absolute Gasteiger partial charge is 0.477 e. The summed E-state index contributed by atoms with van der Waals surface area (Å²) in [7, 11) is 0. The average Bonchev–Trinajstić information content (AvgIpc) is 3.10. The van der Waals surface area contributed by atoms with Gasteiger partial charge in [0.1, 0.15) is 5.69 Å². The lowest BCUT2D eigenvalue weighted by atomic mass is 10.0. The third-order valence-corrected chi connectivity index (χ3v) is 4.45. The van der Waals surface area contributed by atoms with E-state index in [9.17, 15) is 4.79 Å². The first-order chi connectivity index (χ1) is 9.74. The highest BCUT2D eigenvalue weighted by Crippen LogP contribution is 2.25. The van der Waals surface area contributed by atoms with Crippen molar-refractivity contribution in [3.63, 3.8) is 0 Å². The molecule has 0 aromatic carbocycles. The minimum absolute atomic E-state index is 0.294. The lowest BCUT2D eigenvalue weighted by Crippen LogP contribution is -2.34. The summed E-state index contributed by atoms with van der Waals surface area (Å²) < 4.78 is 1.91. The van der Waals surface area contributed by atoms with Gasteiger partial charge >= 0.3 is 5.97 Å². The van der Waals surface area contributed by atoms with E-state index in [4.69, 9.17) is 5.11 Å². The zero-order valence-electron chi connectivity index (χ0n) is 11.1. The molecule has 1 aliphatic rings. The molecule has 2 aromatic rings. The summed E-state index contributed by atoms with van der Waals surface area (Å²) in [5.74, 6) is -0.847. The maximum absolute atomic E-state index is 11.2. The number of thiazole rings is 1. The van der Waals surface area contributed by atoms with Crippen LogP contribution in [0.15, 0.2) is 29.2 Å². The Kier molecular flexibility index (Phi) is 3.84. The number of rotatable bonds is 4. The molecular weight excluding hydrogens is 274 g/mol. The number of aromatic carboxylic acids is 1. The Morgan fingerprint density at radius 3 is 2.90 bits per heavy atom. The van der Waals surface area contributed by atoms with E-state index < -0.39 is 5.97 Å². The summed E-state index contributed by atoms with van der Waals surface area (Å²) in [6.07, 6.45) is 3.85. The van der Waals surface area contributed by atoms with Crippen molar-refractivity contribution in [1.29, 1.82) is 0 Å². The predicted molar refractivity (Wildman–Crippen MR) is 77.1 cm³/mol. The topological polar surface area (TPSA) is 58.4 Å². The molecule has 1 aliphatic heterocycles. The van der Waals surface area contributed by atoms with Gasteiger partial charge in [-0.2, -0.15) is 0 Å². The van der Waals surface area contributed by atoms with Gasteiger partial charge in [0, 0.05) is 37.3 Å². The van der Waals surface area contributed by atoms with Crippen molar-refractivity contribution in [3.05, 3.63) is 40.6 Å². The molecule has 2 aromatic heterocycles. The van der Waals surface area contributed by atoms with Crippen LogP contribution in [0, 0.1) is 0 Å². The highest BCUT2D eigenvalue weighted by Gasteiger charge is 2.23. The molecule has 1 N–H and O–H groups in total. The Bertz CT molecular complexity index is 571. The Balaban J connectivity index is 1.61. The lowest BCUT2D eigenvalue weighted by molar-refractivity contribution is 0.0678. The van der Waals surface area contributed by atoms with Gasteiger partial charge in [0.05, 0.1) is 11.2 Å². The first-order valence-corrected chi connectivity index (χ1v) is 7.68. The number of likely N-dealkylation sites (tertiary alicyclic amines) is 1. The minimum atomic E-state index is -0.847. The summed E-state index contributed by atoms with van der Waals surface area (Å²) >= 11 is 1.62. The van der Waals surface area contributed by atoms with Crippen molar-refractivity contribution in [2.75, 3.05) is 13.1 Å². The highest BCUT2D eigenvalue weighted by atomic mass is 32.1. The normalized spacial score (nSPS) is 17.4. The van der Waals surface area contributed by atoms with Crippen molar-refractivity contribution >= 4 is 17.3 Å². The van der Waals surface area contributed by atoms with Gasteiger partial charge in [-0.25, -0.2) is 9.78 Å². The van der Waals surface area contributed by atoms with Crippen LogP contribution in [0.4, 0.5) is 0 Å². The zero-order valence-corrected chi connectivity index (χ0v) is 11.9. The number of aromatic nitrogens is 2. The number of piperidine rings is 1. The molecule has 0 atom stereocenters. The number of hydrogen-bond donors (Lipinski definition) is 1. The average molecular weight is 291 g/mol. The molecule has 106 valence electrons. The van der Waals surface area contributed by atoms with Crippen LogP contribution >= 0.6 is 11.3 Å². The van der Waals surface area contributed by atoms with E-state index in [1.165, 1.54) is 0 Å². The van der Waals surface area contributed by atoms with Crippen LogP contribution in [0.3, 0.4) is 0 Å². The molecule has 0 bridgehead atoms. The summed E-state index contributed by atoms with van der Waals surface area (Å²) in [5.41, 5.74) is 3.38. The Labute approximate surface area is 121 Å². The van der Waals surface area contributed by atoms with E-state index in [-0.39, 0.29) is 0 Å². The third-order valence-electron chi connectivity index (χ3n) is 3.82. The van der Waals surface area contributed by atoms with Crippen LogP contribution in [-0.4, -0.2) is 38.6 Å². The van der Waals surface area contributed by atoms with Crippen molar-refractivity contribution in [2.45, 2.75) is 25.4 Å². The van der Waals surface area contributed by atoms with Crippen LogP contribution in [-0.2, 0) is 6.54 Å². The van der Waals surface area contributed by atoms with E-state index in [2.05, 4.69) is 15.3 Å². The molecule has 1 fully saturated rings. The van der Waals surface area contributed by atoms with Crippen LogP contribution in [0.5, 0.6) is 0 Å². The second-order valence-corrected chi connectivity index (χ2v) is 5.81. The van der Waals surface area contributed by atoms with Gasteiger partial charge in [0.25, 0.3) is 0 Å². The molecule has 5 nitrogen and oxygen atoms in total. The maximum Gasteiger partial charge on any atom is 0.352 e. The molecule has 0 saturated carbocycles. The fraction of sp³-hybridized carbons (Fsp3) is 0.429.